The Balaban J connectivity index is 0.00000392. The van der Waals surface area contributed by atoms with Crippen LogP contribution in [0.2, 0.25) is 0 Å². The molecular formula is C22H39IN4O. The van der Waals surface area contributed by atoms with E-state index in [2.05, 4.69) is 79.7 Å². The maximum absolute atomic E-state index is 6.10. The predicted molar refractivity (Wildman–Crippen MR) is 129 cm³/mol. The number of guanidine groups is 1. The second-order valence-electron chi connectivity index (χ2n) is 8.87. The molecule has 0 bridgehead atoms. The summed E-state index contributed by atoms with van der Waals surface area (Å²) < 4.78 is 6.10. The molecule has 0 aliphatic carbocycles. The zero-order valence-corrected chi connectivity index (χ0v) is 20.7. The molecule has 6 heteroatoms. The van der Waals surface area contributed by atoms with Crippen molar-refractivity contribution in [3.8, 4) is 0 Å². The van der Waals surface area contributed by atoms with Crippen molar-refractivity contribution in [3.63, 3.8) is 0 Å². The van der Waals surface area contributed by atoms with Gasteiger partial charge in [0.1, 0.15) is 0 Å². The minimum absolute atomic E-state index is 0. The van der Waals surface area contributed by atoms with E-state index >= 15 is 0 Å². The molecule has 2 N–H and O–H groups in total. The van der Waals surface area contributed by atoms with Crippen molar-refractivity contribution in [2.75, 3.05) is 34.3 Å². The van der Waals surface area contributed by atoms with Crippen molar-refractivity contribution in [2.24, 2.45) is 16.3 Å². The lowest BCUT2D eigenvalue weighted by Gasteiger charge is -2.40. The monoisotopic (exact) mass is 502 g/mol. The molecule has 1 saturated heterocycles. The van der Waals surface area contributed by atoms with E-state index in [0.29, 0.717) is 5.92 Å². The highest BCUT2D eigenvalue weighted by molar-refractivity contribution is 14.0. The van der Waals surface area contributed by atoms with Crippen LogP contribution in [-0.2, 0) is 17.8 Å². The van der Waals surface area contributed by atoms with Crippen molar-refractivity contribution in [1.82, 2.24) is 15.5 Å². The number of hydrogen-bond acceptors (Lipinski definition) is 3. The molecule has 1 heterocycles. The Labute approximate surface area is 188 Å². The van der Waals surface area contributed by atoms with Gasteiger partial charge in [0.25, 0.3) is 0 Å². The highest BCUT2D eigenvalue weighted by atomic mass is 127. The van der Waals surface area contributed by atoms with Crippen LogP contribution in [0, 0.1) is 11.3 Å². The predicted octanol–water partition coefficient (Wildman–Crippen LogP) is 3.87. The third-order valence-corrected chi connectivity index (χ3v) is 5.10. The minimum Gasteiger partial charge on any atom is -0.377 e. The first kappa shape index (κ1) is 25.2. The standard InChI is InChI=1S/C22H38N4O.HI/c1-22(2,3)20-18(12-9-13-27-20)15-25-21(23-4)24-14-17-10-7-8-11-19(17)16-26(5)6;/h7-8,10-11,18,20H,9,12-16H2,1-6H3,(H2,23,24,25);1H. The summed E-state index contributed by atoms with van der Waals surface area (Å²) in [5.74, 6) is 1.37. The summed E-state index contributed by atoms with van der Waals surface area (Å²) in [6.07, 6.45) is 2.64. The summed E-state index contributed by atoms with van der Waals surface area (Å²) >= 11 is 0. The van der Waals surface area contributed by atoms with E-state index in [1.54, 1.807) is 0 Å². The molecule has 1 aliphatic heterocycles. The number of hydrogen-bond donors (Lipinski definition) is 2. The number of rotatable bonds is 6. The van der Waals surface area contributed by atoms with Gasteiger partial charge in [0, 0.05) is 39.2 Å². The first-order valence-corrected chi connectivity index (χ1v) is 10.1. The number of nitrogens with zero attached hydrogens (tertiary/aromatic N) is 2. The Morgan fingerprint density at radius 2 is 1.86 bits per heavy atom. The first-order valence-electron chi connectivity index (χ1n) is 10.1. The van der Waals surface area contributed by atoms with Crippen molar-refractivity contribution < 1.29 is 4.74 Å². The van der Waals surface area contributed by atoms with Crippen LogP contribution in [0.5, 0.6) is 0 Å². The minimum atomic E-state index is 0. The Morgan fingerprint density at radius 3 is 2.46 bits per heavy atom. The van der Waals surface area contributed by atoms with Crippen LogP contribution in [0.4, 0.5) is 0 Å². The molecule has 2 atom stereocenters. The summed E-state index contributed by atoms with van der Waals surface area (Å²) in [7, 11) is 6.03. The summed E-state index contributed by atoms with van der Waals surface area (Å²) in [5.41, 5.74) is 2.82. The van der Waals surface area contributed by atoms with Gasteiger partial charge in [-0.25, -0.2) is 0 Å². The lowest BCUT2D eigenvalue weighted by Crippen LogP contribution is -2.47. The topological polar surface area (TPSA) is 48.9 Å². The van der Waals surface area contributed by atoms with Crippen molar-refractivity contribution in [3.05, 3.63) is 35.4 Å². The smallest absolute Gasteiger partial charge is 0.191 e. The fraction of sp³-hybridized carbons (Fsp3) is 0.682. The van der Waals surface area contributed by atoms with E-state index in [-0.39, 0.29) is 35.5 Å². The zero-order chi connectivity index (χ0) is 19.9. The molecule has 160 valence electrons. The average molecular weight is 502 g/mol. The number of nitrogens with one attached hydrogen (secondary N) is 2. The van der Waals surface area contributed by atoms with E-state index < -0.39 is 0 Å². The van der Waals surface area contributed by atoms with Crippen molar-refractivity contribution >= 4 is 29.9 Å². The van der Waals surface area contributed by atoms with Gasteiger partial charge < -0.3 is 20.3 Å². The second kappa shape index (κ2) is 12.0. The van der Waals surface area contributed by atoms with Crippen LogP contribution in [0.25, 0.3) is 0 Å². The van der Waals surface area contributed by atoms with Gasteiger partial charge >= 0.3 is 0 Å². The summed E-state index contributed by atoms with van der Waals surface area (Å²) in [5, 5.41) is 6.99. The van der Waals surface area contributed by atoms with Crippen LogP contribution >= 0.6 is 24.0 Å². The number of ether oxygens (including phenoxy) is 1. The Bertz CT molecular complexity index is 613. The van der Waals surface area contributed by atoms with Crippen molar-refractivity contribution in [1.29, 1.82) is 0 Å². The third kappa shape index (κ3) is 7.87. The van der Waals surface area contributed by atoms with Gasteiger partial charge in [-0.15, -0.1) is 24.0 Å². The van der Waals surface area contributed by atoms with Gasteiger partial charge in [-0.3, -0.25) is 4.99 Å². The zero-order valence-electron chi connectivity index (χ0n) is 18.4. The molecule has 0 spiro atoms. The van der Waals surface area contributed by atoms with Gasteiger partial charge in [-0.05, 0) is 43.5 Å². The van der Waals surface area contributed by atoms with E-state index in [1.807, 2.05) is 7.05 Å². The second-order valence-corrected chi connectivity index (χ2v) is 8.87. The fourth-order valence-electron chi connectivity index (χ4n) is 3.86. The molecule has 0 saturated carbocycles. The van der Waals surface area contributed by atoms with E-state index in [0.717, 1.165) is 38.6 Å². The van der Waals surface area contributed by atoms with Gasteiger partial charge in [-0.2, -0.15) is 0 Å². The maximum Gasteiger partial charge on any atom is 0.191 e. The maximum atomic E-state index is 6.10. The molecule has 0 radical (unpaired) electrons. The molecule has 2 unspecified atom stereocenters. The average Bonchev–Trinajstić information content (AvgIpc) is 2.62. The van der Waals surface area contributed by atoms with Gasteiger partial charge in [0.15, 0.2) is 5.96 Å². The van der Waals surface area contributed by atoms with Gasteiger partial charge in [0.05, 0.1) is 6.10 Å². The Hall–Kier alpha value is -0.860. The van der Waals surface area contributed by atoms with E-state index in [4.69, 9.17) is 4.74 Å². The van der Waals surface area contributed by atoms with Crippen LogP contribution in [0.3, 0.4) is 0 Å². The van der Waals surface area contributed by atoms with Crippen LogP contribution < -0.4 is 10.6 Å². The molecule has 28 heavy (non-hydrogen) atoms. The quantitative estimate of drug-likeness (QED) is 0.352. The normalized spacial score (nSPS) is 20.6. The third-order valence-electron chi connectivity index (χ3n) is 5.10. The molecule has 1 fully saturated rings. The van der Waals surface area contributed by atoms with Crippen LogP contribution in [0.15, 0.2) is 29.3 Å². The first-order chi connectivity index (χ1) is 12.8. The molecule has 2 rings (SSSR count). The molecule has 1 aliphatic rings. The molecule has 0 amide bonds. The summed E-state index contributed by atoms with van der Waals surface area (Å²) in [6, 6.07) is 8.58. The van der Waals surface area contributed by atoms with Gasteiger partial charge in [0.2, 0.25) is 0 Å². The largest absolute Gasteiger partial charge is 0.377 e. The molecular weight excluding hydrogens is 463 g/mol. The number of halogens is 1. The number of benzene rings is 1. The van der Waals surface area contributed by atoms with Gasteiger partial charge in [-0.1, -0.05) is 45.0 Å². The van der Waals surface area contributed by atoms with Crippen LogP contribution in [0.1, 0.15) is 44.7 Å². The van der Waals surface area contributed by atoms with E-state index in [9.17, 15) is 0 Å². The molecule has 0 aromatic heterocycles. The molecule has 1 aromatic carbocycles. The Morgan fingerprint density at radius 1 is 1.18 bits per heavy atom. The molecule has 5 nitrogen and oxygen atoms in total. The molecule has 1 aromatic rings. The number of aliphatic imine (C=N–C) groups is 1. The van der Waals surface area contributed by atoms with Crippen LogP contribution in [-0.4, -0.2) is 51.3 Å². The van der Waals surface area contributed by atoms with Crippen molar-refractivity contribution in [2.45, 2.75) is 52.8 Å². The lowest BCUT2D eigenvalue weighted by atomic mass is 9.78. The fourth-order valence-corrected chi connectivity index (χ4v) is 3.86. The SMILES string of the molecule is CN=C(NCc1ccccc1CN(C)C)NCC1CCCOC1C(C)(C)C.I. The highest BCUT2D eigenvalue weighted by Gasteiger charge is 2.35. The summed E-state index contributed by atoms with van der Waals surface area (Å²) in [6.45, 7) is 10.3. The lowest BCUT2D eigenvalue weighted by molar-refractivity contribution is -0.0835. The van der Waals surface area contributed by atoms with E-state index in [1.165, 1.54) is 17.5 Å². The summed E-state index contributed by atoms with van der Waals surface area (Å²) in [4.78, 5) is 6.60. The highest BCUT2D eigenvalue weighted by Crippen LogP contribution is 2.33. The Kier molecular flexibility index (Phi) is 10.8.